The molecule has 3 aromatic carbocycles. The lowest BCUT2D eigenvalue weighted by molar-refractivity contribution is -0.384. The smallest absolute Gasteiger partial charge is 0.269 e. The van der Waals surface area contributed by atoms with Gasteiger partial charge in [-0.3, -0.25) is 19.7 Å². The Hall–Kier alpha value is -4.60. The van der Waals surface area contributed by atoms with Crippen molar-refractivity contribution in [3.63, 3.8) is 0 Å². The van der Waals surface area contributed by atoms with E-state index in [0.717, 1.165) is 0 Å². The normalized spacial score (nSPS) is 22.3. The number of benzene rings is 3. The van der Waals surface area contributed by atoms with Crippen molar-refractivity contribution < 1.29 is 19.6 Å². The van der Waals surface area contributed by atoms with Crippen LogP contribution in [0.1, 0.15) is 5.56 Å². The average molecular weight is 497 g/mol. The fourth-order valence-corrected chi connectivity index (χ4v) is 4.62. The van der Waals surface area contributed by atoms with Crippen LogP contribution >= 0.6 is 0 Å². The summed E-state index contributed by atoms with van der Waals surface area (Å²) >= 11 is 0. The summed E-state index contributed by atoms with van der Waals surface area (Å²) in [4.78, 5) is 38.5. The fraction of sp³-hybridized carbons (Fsp3) is 0.143. The zero-order chi connectivity index (χ0) is 25.9. The quantitative estimate of drug-likeness (QED) is 0.221. The van der Waals surface area contributed by atoms with E-state index >= 15 is 0 Å². The maximum atomic E-state index is 13.6. The number of carbonyl (C=O) groups is 2. The number of aliphatic hydroxyl groups excluding tert-OH is 1. The van der Waals surface area contributed by atoms with Crippen LogP contribution in [0.2, 0.25) is 0 Å². The van der Waals surface area contributed by atoms with Crippen LogP contribution in [-0.4, -0.2) is 45.0 Å². The predicted octanol–water partition coefficient (Wildman–Crippen LogP) is 3.79. The standard InChI is InChI=1S/C28H24N4O5/c33-25(18-13-19-11-14-22(15-12-19)32(36)37)24-17-16-23-26(31(24)29-20-7-3-1-4-8-20)28(35)30(27(23)34)21-9-5-2-6-10-21/h1-18,23-26,29,33H. The van der Waals surface area contributed by atoms with E-state index in [9.17, 15) is 24.8 Å². The number of hydrogen-bond donors (Lipinski definition) is 2. The van der Waals surface area contributed by atoms with E-state index in [4.69, 9.17) is 0 Å². The van der Waals surface area contributed by atoms with Crippen molar-refractivity contribution in [1.29, 1.82) is 0 Å². The molecule has 0 aliphatic carbocycles. The molecule has 2 N–H and O–H groups in total. The topological polar surface area (TPSA) is 116 Å². The molecule has 3 aromatic rings. The minimum absolute atomic E-state index is 0.0235. The molecule has 0 saturated carbocycles. The number of hydrogen-bond acceptors (Lipinski definition) is 7. The monoisotopic (exact) mass is 496 g/mol. The lowest BCUT2D eigenvalue weighted by Gasteiger charge is -2.40. The highest BCUT2D eigenvalue weighted by Gasteiger charge is 2.53. The third kappa shape index (κ3) is 4.77. The third-order valence-corrected chi connectivity index (χ3v) is 6.44. The van der Waals surface area contributed by atoms with Crippen LogP contribution in [0.3, 0.4) is 0 Å². The molecular formula is C28H24N4O5. The van der Waals surface area contributed by atoms with Crippen molar-refractivity contribution in [2.75, 3.05) is 10.3 Å². The van der Waals surface area contributed by atoms with Crippen molar-refractivity contribution in [3.05, 3.63) is 119 Å². The molecule has 2 aliphatic rings. The van der Waals surface area contributed by atoms with Gasteiger partial charge in [0, 0.05) is 17.8 Å². The molecule has 5 rings (SSSR count). The second kappa shape index (κ2) is 10.2. The first-order valence-corrected chi connectivity index (χ1v) is 11.8. The first-order chi connectivity index (χ1) is 17.9. The number of para-hydroxylation sites is 2. The van der Waals surface area contributed by atoms with Gasteiger partial charge in [-0.1, -0.05) is 60.7 Å². The van der Waals surface area contributed by atoms with Crippen molar-refractivity contribution in [3.8, 4) is 0 Å². The van der Waals surface area contributed by atoms with Gasteiger partial charge in [-0.15, -0.1) is 0 Å². The van der Waals surface area contributed by atoms with Crippen molar-refractivity contribution >= 4 is 35.0 Å². The van der Waals surface area contributed by atoms with E-state index in [1.54, 1.807) is 65.7 Å². The number of nitrogens with one attached hydrogen (secondary N) is 1. The van der Waals surface area contributed by atoms with Gasteiger partial charge >= 0.3 is 0 Å². The van der Waals surface area contributed by atoms with E-state index in [1.165, 1.54) is 17.0 Å². The summed E-state index contributed by atoms with van der Waals surface area (Å²) in [6, 6.07) is 22.4. The molecule has 37 heavy (non-hydrogen) atoms. The van der Waals surface area contributed by atoms with Gasteiger partial charge in [0.15, 0.2) is 0 Å². The molecule has 1 saturated heterocycles. The molecule has 1 fully saturated rings. The molecule has 0 aromatic heterocycles. The van der Waals surface area contributed by atoms with Crippen LogP contribution < -0.4 is 10.3 Å². The lowest BCUT2D eigenvalue weighted by Crippen LogP contribution is -2.57. The Labute approximate surface area is 213 Å². The molecule has 0 bridgehead atoms. The van der Waals surface area contributed by atoms with Crippen LogP contribution in [0.4, 0.5) is 17.1 Å². The Balaban J connectivity index is 1.45. The second-order valence-electron chi connectivity index (χ2n) is 8.78. The van der Waals surface area contributed by atoms with E-state index in [0.29, 0.717) is 16.9 Å². The minimum atomic E-state index is -1.06. The highest BCUT2D eigenvalue weighted by Crippen LogP contribution is 2.35. The van der Waals surface area contributed by atoms with Crippen LogP contribution in [0.15, 0.2) is 103 Å². The van der Waals surface area contributed by atoms with E-state index in [-0.39, 0.29) is 17.5 Å². The van der Waals surface area contributed by atoms with Crippen LogP contribution in [-0.2, 0) is 9.59 Å². The molecule has 2 amide bonds. The number of hydrazine groups is 1. The lowest BCUT2D eigenvalue weighted by atomic mass is 9.92. The molecule has 9 nitrogen and oxygen atoms in total. The Bertz CT molecular complexity index is 1360. The number of carbonyl (C=O) groups excluding carboxylic acids is 2. The van der Waals surface area contributed by atoms with Crippen LogP contribution in [0, 0.1) is 16.0 Å². The van der Waals surface area contributed by atoms with E-state index in [1.807, 2.05) is 36.4 Å². The Kier molecular flexibility index (Phi) is 6.63. The van der Waals surface area contributed by atoms with Crippen LogP contribution in [0.25, 0.3) is 6.08 Å². The maximum Gasteiger partial charge on any atom is 0.269 e. The summed E-state index contributed by atoms with van der Waals surface area (Å²) in [5, 5.41) is 23.7. The van der Waals surface area contributed by atoms with Crippen LogP contribution in [0.5, 0.6) is 0 Å². The molecule has 2 aliphatic heterocycles. The summed E-state index contributed by atoms with van der Waals surface area (Å²) in [6.45, 7) is 0. The summed E-state index contributed by atoms with van der Waals surface area (Å²) in [7, 11) is 0. The van der Waals surface area contributed by atoms with E-state index in [2.05, 4.69) is 5.43 Å². The molecular weight excluding hydrogens is 472 g/mol. The molecule has 2 heterocycles. The number of aliphatic hydroxyl groups is 1. The molecule has 9 heteroatoms. The van der Waals surface area contributed by atoms with Gasteiger partial charge in [0.1, 0.15) is 6.04 Å². The predicted molar refractivity (Wildman–Crippen MR) is 139 cm³/mol. The number of rotatable bonds is 7. The molecule has 4 unspecified atom stereocenters. The van der Waals surface area contributed by atoms with Crippen molar-refractivity contribution in [1.82, 2.24) is 5.01 Å². The number of imide groups is 1. The van der Waals surface area contributed by atoms with Crippen molar-refractivity contribution in [2.24, 2.45) is 5.92 Å². The fourth-order valence-electron chi connectivity index (χ4n) is 4.62. The second-order valence-corrected chi connectivity index (χ2v) is 8.78. The summed E-state index contributed by atoms with van der Waals surface area (Å²) in [5.74, 6) is -1.43. The Morgan fingerprint density at radius 2 is 1.54 bits per heavy atom. The third-order valence-electron chi connectivity index (χ3n) is 6.44. The zero-order valence-corrected chi connectivity index (χ0v) is 19.6. The van der Waals surface area contributed by atoms with Crippen molar-refractivity contribution in [2.45, 2.75) is 18.2 Å². The largest absolute Gasteiger partial charge is 0.387 e. The summed E-state index contributed by atoms with van der Waals surface area (Å²) in [6.07, 6.45) is 5.57. The van der Waals surface area contributed by atoms with Gasteiger partial charge in [0.05, 0.1) is 28.7 Å². The highest BCUT2D eigenvalue weighted by molar-refractivity contribution is 6.24. The number of fused-ring (bicyclic) bond motifs is 1. The summed E-state index contributed by atoms with van der Waals surface area (Å²) < 4.78 is 0. The number of nitro groups is 1. The Morgan fingerprint density at radius 1 is 0.892 bits per heavy atom. The van der Waals surface area contributed by atoms with Gasteiger partial charge in [0.25, 0.3) is 11.6 Å². The molecule has 0 spiro atoms. The van der Waals surface area contributed by atoms with Gasteiger partial charge in [-0.2, -0.15) is 0 Å². The van der Waals surface area contributed by atoms with Gasteiger partial charge in [0.2, 0.25) is 5.91 Å². The number of nitrogens with zero attached hydrogens (tertiary/aromatic N) is 3. The SMILES string of the molecule is O=C1C2C=CC(C(O)C=Cc3ccc([N+](=O)[O-])cc3)N(Nc3ccccc3)C2C(=O)N1c1ccccc1. The number of non-ortho nitro benzene ring substituents is 1. The first kappa shape index (κ1) is 24.1. The number of anilines is 2. The highest BCUT2D eigenvalue weighted by atomic mass is 16.6. The minimum Gasteiger partial charge on any atom is -0.387 e. The number of amides is 2. The molecule has 186 valence electrons. The maximum absolute atomic E-state index is 13.6. The molecule has 4 atom stereocenters. The summed E-state index contributed by atoms with van der Waals surface area (Å²) in [5.41, 5.74) is 5.08. The molecule has 0 radical (unpaired) electrons. The van der Waals surface area contributed by atoms with Gasteiger partial charge in [-0.05, 0) is 42.0 Å². The number of nitro benzene ring substituents is 1. The zero-order valence-electron chi connectivity index (χ0n) is 19.6. The average Bonchev–Trinajstić information content (AvgIpc) is 3.18. The van der Waals surface area contributed by atoms with Gasteiger partial charge < -0.3 is 10.5 Å². The first-order valence-electron chi connectivity index (χ1n) is 11.8. The Morgan fingerprint density at radius 3 is 2.19 bits per heavy atom. The van der Waals surface area contributed by atoms with E-state index < -0.39 is 29.0 Å². The van der Waals surface area contributed by atoms with Gasteiger partial charge in [-0.25, -0.2) is 9.91 Å².